The fourth-order valence-electron chi connectivity index (χ4n) is 1.37. The van der Waals surface area contributed by atoms with Gasteiger partial charge in [-0.2, -0.15) is 0 Å². The molecule has 2 heteroatoms. The molecule has 0 aliphatic heterocycles. The largest absolute Gasteiger partial charge is 0.507 e. The second-order valence-electron chi connectivity index (χ2n) is 3.04. The molecular formula is C11H11NO. The van der Waals surface area contributed by atoms with E-state index in [1.165, 1.54) is 0 Å². The van der Waals surface area contributed by atoms with E-state index >= 15 is 0 Å². The van der Waals surface area contributed by atoms with E-state index < -0.39 is 0 Å². The zero-order chi connectivity index (χ0) is 9.26. The van der Waals surface area contributed by atoms with Crippen LogP contribution >= 0.6 is 0 Å². The first-order valence-corrected chi connectivity index (χ1v) is 4.38. The number of phenols is 1. The standard InChI is InChI=1S/C11H11NO/c1-2-8-6-9-10(12-7-8)4-3-5-11(9)13/h3-7,13H,2H2,1H3. The predicted octanol–water partition coefficient (Wildman–Crippen LogP) is 2.50. The maximum absolute atomic E-state index is 9.55. The molecule has 0 amide bonds. The number of rotatable bonds is 1. The van der Waals surface area contributed by atoms with Gasteiger partial charge in [-0.05, 0) is 30.2 Å². The van der Waals surface area contributed by atoms with Crippen LogP contribution in [0.3, 0.4) is 0 Å². The summed E-state index contributed by atoms with van der Waals surface area (Å²) in [5.74, 6) is 0.306. The molecule has 2 nitrogen and oxygen atoms in total. The van der Waals surface area contributed by atoms with E-state index in [4.69, 9.17) is 0 Å². The minimum absolute atomic E-state index is 0.306. The molecule has 1 aromatic heterocycles. The molecule has 0 radical (unpaired) electrons. The van der Waals surface area contributed by atoms with Gasteiger partial charge < -0.3 is 5.11 Å². The lowest BCUT2D eigenvalue weighted by Crippen LogP contribution is -1.84. The first-order valence-electron chi connectivity index (χ1n) is 4.38. The van der Waals surface area contributed by atoms with Gasteiger partial charge in [-0.3, -0.25) is 4.98 Å². The van der Waals surface area contributed by atoms with E-state index in [1.807, 2.05) is 18.3 Å². The number of aryl methyl sites for hydroxylation is 1. The molecule has 1 heterocycles. The van der Waals surface area contributed by atoms with Crippen molar-refractivity contribution >= 4 is 10.9 Å². The molecule has 0 saturated heterocycles. The van der Waals surface area contributed by atoms with Crippen LogP contribution in [-0.2, 0) is 6.42 Å². The van der Waals surface area contributed by atoms with Crippen molar-refractivity contribution in [2.24, 2.45) is 0 Å². The third kappa shape index (κ3) is 1.35. The van der Waals surface area contributed by atoms with Gasteiger partial charge in [0.05, 0.1) is 5.52 Å². The van der Waals surface area contributed by atoms with Crippen molar-refractivity contribution in [2.45, 2.75) is 13.3 Å². The van der Waals surface area contributed by atoms with Gasteiger partial charge in [0.25, 0.3) is 0 Å². The smallest absolute Gasteiger partial charge is 0.124 e. The number of pyridine rings is 1. The van der Waals surface area contributed by atoms with Gasteiger partial charge in [0.2, 0.25) is 0 Å². The van der Waals surface area contributed by atoms with Crippen LogP contribution in [-0.4, -0.2) is 10.1 Å². The SMILES string of the molecule is CCc1cnc2cccc(O)c2c1. The first kappa shape index (κ1) is 8.05. The quantitative estimate of drug-likeness (QED) is 0.718. The number of aromatic nitrogens is 1. The topological polar surface area (TPSA) is 33.1 Å². The summed E-state index contributed by atoms with van der Waals surface area (Å²) in [4.78, 5) is 4.25. The van der Waals surface area contributed by atoms with Gasteiger partial charge >= 0.3 is 0 Å². The number of benzene rings is 1. The summed E-state index contributed by atoms with van der Waals surface area (Å²) in [6, 6.07) is 7.37. The Morgan fingerprint density at radius 1 is 1.38 bits per heavy atom. The fraction of sp³-hybridized carbons (Fsp3) is 0.182. The van der Waals surface area contributed by atoms with E-state index in [0.717, 1.165) is 22.9 Å². The Labute approximate surface area is 76.9 Å². The molecular weight excluding hydrogens is 162 g/mol. The van der Waals surface area contributed by atoms with E-state index in [0.29, 0.717) is 5.75 Å². The van der Waals surface area contributed by atoms with Crippen molar-refractivity contribution in [3.8, 4) is 5.75 Å². The Morgan fingerprint density at radius 3 is 3.00 bits per heavy atom. The highest BCUT2D eigenvalue weighted by Crippen LogP contribution is 2.23. The molecule has 0 atom stereocenters. The highest BCUT2D eigenvalue weighted by molar-refractivity contribution is 5.85. The van der Waals surface area contributed by atoms with Crippen LogP contribution in [0.5, 0.6) is 5.75 Å². The number of phenolic OH excluding ortho intramolecular Hbond substituents is 1. The predicted molar refractivity (Wildman–Crippen MR) is 52.8 cm³/mol. The Kier molecular flexibility index (Phi) is 1.89. The first-order chi connectivity index (χ1) is 6.31. The fourth-order valence-corrected chi connectivity index (χ4v) is 1.37. The number of fused-ring (bicyclic) bond motifs is 1. The molecule has 2 aromatic rings. The molecule has 0 fully saturated rings. The summed E-state index contributed by atoms with van der Waals surface area (Å²) >= 11 is 0. The molecule has 0 unspecified atom stereocenters. The van der Waals surface area contributed by atoms with E-state index in [1.54, 1.807) is 12.1 Å². The Balaban J connectivity index is 2.74. The zero-order valence-electron chi connectivity index (χ0n) is 7.49. The average Bonchev–Trinajstić information content (AvgIpc) is 2.18. The third-order valence-electron chi connectivity index (χ3n) is 2.17. The second kappa shape index (κ2) is 3.05. The second-order valence-corrected chi connectivity index (χ2v) is 3.04. The Bertz CT molecular complexity index is 437. The molecule has 66 valence electrons. The molecule has 2 rings (SSSR count). The lowest BCUT2D eigenvalue weighted by molar-refractivity contribution is 0.481. The maximum Gasteiger partial charge on any atom is 0.124 e. The summed E-state index contributed by atoms with van der Waals surface area (Å²) in [6.45, 7) is 2.07. The van der Waals surface area contributed by atoms with Crippen molar-refractivity contribution in [3.05, 3.63) is 36.0 Å². The number of hydrogen-bond donors (Lipinski definition) is 1. The number of hydrogen-bond acceptors (Lipinski definition) is 2. The van der Waals surface area contributed by atoms with E-state index in [2.05, 4.69) is 11.9 Å². The molecule has 0 bridgehead atoms. The summed E-state index contributed by atoms with van der Waals surface area (Å²) in [5, 5.41) is 10.4. The average molecular weight is 173 g/mol. The monoisotopic (exact) mass is 173 g/mol. The molecule has 0 aliphatic carbocycles. The van der Waals surface area contributed by atoms with Crippen LogP contribution in [0.1, 0.15) is 12.5 Å². The molecule has 1 N–H and O–H groups in total. The summed E-state index contributed by atoms with van der Waals surface area (Å²) in [6.07, 6.45) is 2.79. The van der Waals surface area contributed by atoms with Crippen molar-refractivity contribution in [3.63, 3.8) is 0 Å². The lowest BCUT2D eigenvalue weighted by Gasteiger charge is -2.01. The van der Waals surface area contributed by atoms with Crippen LogP contribution < -0.4 is 0 Å². The Morgan fingerprint density at radius 2 is 2.23 bits per heavy atom. The minimum atomic E-state index is 0.306. The van der Waals surface area contributed by atoms with Gasteiger partial charge in [-0.1, -0.05) is 13.0 Å². The summed E-state index contributed by atoms with van der Waals surface area (Å²) in [5.41, 5.74) is 1.99. The molecule has 1 aromatic carbocycles. The lowest BCUT2D eigenvalue weighted by atomic mass is 10.1. The summed E-state index contributed by atoms with van der Waals surface area (Å²) in [7, 11) is 0. The molecule has 0 saturated carbocycles. The highest BCUT2D eigenvalue weighted by Gasteiger charge is 2.00. The van der Waals surface area contributed by atoms with Gasteiger partial charge in [0, 0.05) is 11.6 Å². The van der Waals surface area contributed by atoms with E-state index in [-0.39, 0.29) is 0 Å². The van der Waals surface area contributed by atoms with Crippen LogP contribution in [0.15, 0.2) is 30.5 Å². The zero-order valence-corrected chi connectivity index (χ0v) is 7.49. The number of aromatic hydroxyl groups is 1. The third-order valence-corrected chi connectivity index (χ3v) is 2.17. The summed E-state index contributed by atoms with van der Waals surface area (Å²) < 4.78 is 0. The molecule has 0 spiro atoms. The van der Waals surface area contributed by atoms with Crippen molar-refractivity contribution in [1.82, 2.24) is 4.98 Å². The van der Waals surface area contributed by atoms with Gasteiger partial charge in [-0.25, -0.2) is 0 Å². The highest BCUT2D eigenvalue weighted by atomic mass is 16.3. The van der Waals surface area contributed by atoms with Crippen molar-refractivity contribution in [2.75, 3.05) is 0 Å². The van der Waals surface area contributed by atoms with Gasteiger partial charge in [0.1, 0.15) is 5.75 Å². The van der Waals surface area contributed by atoms with Crippen LogP contribution in [0.25, 0.3) is 10.9 Å². The Hall–Kier alpha value is -1.57. The van der Waals surface area contributed by atoms with Crippen LogP contribution in [0.4, 0.5) is 0 Å². The number of nitrogens with zero attached hydrogens (tertiary/aromatic N) is 1. The minimum Gasteiger partial charge on any atom is -0.507 e. The van der Waals surface area contributed by atoms with Crippen LogP contribution in [0, 0.1) is 0 Å². The molecule has 0 aliphatic rings. The van der Waals surface area contributed by atoms with Gasteiger partial charge in [0.15, 0.2) is 0 Å². The van der Waals surface area contributed by atoms with Crippen molar-refractivity contribution in [1.29, 1.82) is 0 Å². The van der Waals surface area contributed by atoms with Crippen LogP contribution in [0.2, 0.25) is 0 Å². The van der Waals surface area contributed by atoms with Gasteiger partial charge in [-0.15, -0.1) is 0 Å². The maximum atomic E-state index is 9.55. The van der Waals surface area contributed by atoms with Crippen molar-refractivity contribution < 1.29 is 5.11 Å². The van der Waals surface area contributed by atoms with E-state index in [9.17, 15) is 5.11 Å². The normalized spacial score (nSPS) is 10.5. The molecule has 13 heavy (non-hydrogen) atoms.